The molecule has 0 spiro atoms. The van der Waals surface area contributed by atoms with Crippen molar-refractivity contribution in [3.8, 4) is 11.3 Å². The molecular weight excluding hydrogens is 418 g/mol. The molecule has 0 bridgehead atoms. The zero-order valence-corrected chi connectivity index (χ0v) is 18.2. The number of aromatic nitrogens is 1. The Kier molecular flexibility index (Phi) is 7.19. The average molecular weight is 442 g/mol. The van der Waals surface area contributed by atoms with Crippen LogP contribution in [-0.2, 0) is 14.3 Å². The Hall–Kier alpha value is -3.46. The number of furan rings is 1. The molecule has 1 aromatic carbocycles. The summed E-state index contributed by atoms with van der Waals surface area (Å²) in [7, 11) is 0. The van der Waals surface area contributed by atoms with Gasteiger partial charge in [-0.15, -0.1) is 11.3 Å². The third-order valence-electron chi connectivity index (χ3n) is 4.40. The lowest BCUT2D eigenvalue weighted by atomic mass is 10.0. The van der Waals surface area contributed by atoms with Crippen LogP contribution in [0.1, 0.15) is 30.0 Å². The van der Waals surface area contributed by atoms with Crippen LogP contribution in [0.5, 0.6) is 0 Å². The van der Waals surface area contributed by atoms with Crippen LogP contribution in [0, 0.1) is 12.8 Å². The number of carbonyl (C=O) groups excluding carboxylic acids is 3. The van der Waals surface area contributed by atoms with Crippen molar-refractivity contribution < 1.29 is 23.5 Å². The lowest BCUT2D eigenvalue weighted by Crippen LogP contribution is -2.45. The first-order valence-corrected chi connectivity index (χ1v) is 10.5. The van der Waals surface area contributed by atoms with Crippen LogP contribution in [0.25, 0.3) is 11.3 Å². The second-order valence-corrected chi connectivity index (χ2v) is 8.09. The first-order chi connectivity index (χ1) is 14.8. The number of rotatable bonds is 8. The highest BCUT2D eigenvalue weighted by Gasteiger charge is 2.27. The zero-order chi connectivity index (χ0) is 22.4. The molecule has 2 amide bonds. The molecule has 162 valence electrons. The number of esters is 1. The minimum atomic E-state index is -0.918. The molecule has 3 rings (SSSR count). The van der Waals surface area contributed by atoms with Gasteiger partial charge in [0.2, 0.25) is 0 Å². The van der Waals surface area contributed by atoms with Crippen LogP contribution in [0.15, 0.2) is 52.5 Å². The summed E-state index contributed by atoms with van der Waals surface area (Å²) in [6.45, 7) is 5.04. The number of anilines is 1. The standard InChI is InChI=1S/C22H23N3O5S/c1-13(2)19(25-20(27)17-5-4-10-29-17)21(28)30-11-18(26)24-22-23-16(12-31-22)15-8-6-14(3)7-9-15/h4-10,12-13,19H,11H2,1-3H3,(H,25,27)(H,23,24,26)/t19-/m0/s1. The molecule has 0 unspecified atom stereocenters. The molecule has 0 aliphatic rings. The van der Waals surface area contributed by atoms with Crippen molar-refractivity contribution in [2.24, 2.45) is 5.92 Å². The molecule has 1 atom stereocenters. The van der Waals surface area contributed by atoms with Gasteiger partial charge in [0.15, 0.2) is 17.5 Å². The quantitative estimate of drug-likeness (QED) is 0.516. The van der Waals surface area contributed by atoms with E-state index in [9.17, 15) is 14.4 Å². The normalized spacial score (nSPS) is 11.7. The van der Waals surface area contributed by atoms with Crippen molar-refractivity contribution in [2.75, 3.05) is 11.9 Å². The van der Waals surface area contributed by atoms with E-state index < -0.39 is 30.4 Å². The number of ether oxygens (including phenoxy) is 1. The van der Waals surface area contributed by atoms with Gasteiger partial charge >= 0.3 is 5.97 Å². The number of thiazole rings is 1. The summed E-state index contributed by atoms with van der Waals surface area (Å²) in [6.07, 6.45) is 1.37. The van der Waals surface area contributed by atoms with Gasteiger partial charge in [-0.3, -0.25) is 14.9 Å². The molecule has 0 saturated carbocycles. The predicted molar refractivity (Wildman–Crippen MR) is 117 cm³/mol. The van der Waals surface area contributed by atoms with E-state index in [2.05, 4.69) is 15.6 Å². The third kappa shape index (κ3) is 6.02. The van der Waals surface area contributed by atoms with Crippen molar-refractivity contribution >= 4 is 34.3 Å². The summed E-state index contributed by atoms with van der Waals surface area (Å²) < 4.78 is 10.1. The van der Waals surface area contributed by atoms with Gasteiger partial charge in [-0.05, 0) is 25.0 Å². The van der Waals surface area contributed by atoms with Gasteiger partial charge in [-0.25, -0.2) is 9.78 Å². The molecule has 8 nitrogen and oxygen atoms in total. The van der Waals surface area contributed by atoms with Gasteiger partial charge < -0.3 is 14.5 Å². The monoisotopic (exact) mass is 441 g/mol. The molecule has 0 saturated heterocycles. The summed E-state index contributed by atoms with van der Waals surface area (Å²) >= 11 is 1.28. The summed E-state index contributed by atoms with van der Waals surface area (Å²) in [5.74, 6) is -1.91. The second-order valence-electron chi connectivity index (χ2n) is 7.23. The van der Waals surface area contributed by atoms with E-state index in [-0.39, 0.29) is 11.7 Å². The number of hydrogen-bond donors (Lipinski definition) is 2. The Morgan fingerprint density at radius 3 is 2.55 bits per heavy atom. The highest BCUT2D eigenvalue weighted by molar-refractivity contribution is 7.14. The first-order valence-electron chi connectivity index (χ1n) is 9.67. The van der Waals surface area contributed by atoms with Gasteiger partial charge in [-0.1, -0.05) is 43.7 Å². The van der Waals surface area contributed by atoms with Crippen molar-refractivity contribution in [1.82, 2.24) is 10.3 Å². The van der Waals surface area contributed by atoms with Crippen LogP contribution < -0.4 is 10.6 Å². The summed E-state index contributed by atoms with van der Waals surface area (Å²) in [5.41, 5.74) is 2.84. The number of hydrogen-bond acceptors (Lipinski definition) is 7. The Labute approximate surface area is 183 Å². The molecular formula is C22H23N3O5S. The highest BCUT2D eigenvalue weighted by atomic mass is 32.1. The molecule has 0 aliphatic heterocycles. The van der Waals surface area contributed by atoms with Crippen LogP contribution >= 0.6 is 11.3 Å². The summed E-state index contributed by atoms with van der Waals surface area (Å²) in [5, 5.41) is 7.43. The van der Waals surface area contributed by atoms with Crippen LogP contribution in [-0.4, -0.2) is 35.4 Å². The SMILES string of the molecule is Cc1ccc(-c2csc(NC(=O)COC(=O)[C@@H](NC(=O)c3ccco3)C(C)C)n2)cc1. The zero-order valence-electron chi connectivity index (χ0n) is 17.4. The molecule has 0 fully saturated rings. The number of carbonyl (C=O) groups is 3. The molecule has 31 heavy (non-hydrogen) atoms. The Bertz CT molecular complexity index is 1040. The van der Waals surface area contributed by atoms with Gasteiger partial charge in [0, 0.05) is 10.9 Å². The van der Waals surface area contributed by atoms with Gasteiger partial charge in [0.05, 0.1) is 12.0 Å². The number of nitrogens with zero attached hydrogens (tertiary/aromatic N) is 1. The molecule has 2 heterocycles. The van der Waals surface area contributed by atoms with E-state index in [4.69, 9.17) is 9.15 Å². The van der Waals surface area contributed by atoms with E-state index in [1.165, 1.54) is 23.7 Å². The number of amides is 2. The number of benzene rings is 1. The maximum atomic E-state index is 12.4. The minimum Gasteiger partial charge on any atom is -0.459 e. The van der Waals surface area contributed by atoms with E-state index in [1.54, 1.807) is 19.9 Å². The molecule has 0 aliphatic carbocycles. The van der Waals surface area contributed by atoms with Crippen LogP contribution in [0.3, 0.4) is 0 Å². The van der Waals surface area contributed by atoms with E-state index >= 15 is 0 Å². The van der Waals surface area contributed by atoms with Crippen molar-refractivity contribution in [3.63, 3.8) is 0 Å². The van der Waals surface area contributed by atoms with Gasteiger partial charge in [-0.2, -0.15) is 0 Å². The van der Waals surface area contributed by atoms with E-state index in [1.807, 2.05) is 36.6 Å². The maximum Gasteiger partial charge on any atom is 0.329 e. The number of nitrogens with one attached hydrogen (secondary N) is 2. The van der Waals surface area contributed by atoms with Crippen molar-refractivity contribution in [3.05, 3.63) is 59.4 Å². The molecule has 3 aromatic rings. The molecule has 0 radical (unpaired) electrons. The lowest BCUT2D eigenvalue weighted by molar-refractivity contribution is -0.150. The topological polar surface area (TPSA) is 111 Å². The van der Waals surface area contributed by atoms with Crippen molar-refractivity contribution in [1.29, 1.82) is 0 Å². The Morgan fingerprint density at radius 2 is 1.90 bits per heavy atom. The maximum absolute atomic E-state index is 12.4. The fraction of sp³-hybridized carbons (Fsp3) is 0.273. The fourth-order valence-corrected chi connectivity index (χ4v) is 3.42. The summed E-state index contributed by atoms with van der Waals surface area (Å²) in [6, 6.07) is 10.0. The first kappa shape index (κ1) is 22.2. The molecule has 2 N–H and O–H groups in total. The highest BCUT2D eigenvalue weighted by Crippen LogP contribution is 2.25. The smallest absolute Gasteiger partial charge is 0.329 e. The van der Waals surface area contributed by atoms with Crippen LogP contribution in [0.4, 0.5) is 5.13 Å². The van der Waals surface area contributed by atoms with Crippen LogP contribution in [0.2, 0.25) is 0 Å². The lowest BCUT2D eigenvalue weighted by Gasteiger charge is -2.20. The fourth-order valence-electron chi connectivity index (χ4n) is 2.69. The second kappa shape index (κ2) is 10.0. The molecule has 9 heteroatoms. The minimum absolute atomic E-state index is 0.0874. The van der Waals surface area contributed by atoms with Gasteiger partial charge in [0.25, 0.3) is 11.8 Å². The van der Waals surface area contributed by atoms with Gasteiger partial charge in [0.1, 0.15) is 6.04 Å². The van der Waals surface area contributed by atoms with E-state index in [0.717, 1.165) is 16.8 Å². The number of aryl methyl sites for hydroxylation is 1. The molecule has 2 aromatic heterocycles. The predicted octanol–water partition coefficient (Wildman–Crippen LogP) is 3.65. The largest absolute Gasteiger partial charge is 0.459 e. The summed E-state index contributed by atoms with van der Waals surface area (Å²) in [4.78, 5) is 41.1. The van der Waals surface area contributed by atoms with Crippen molar-refractivity contribution in [2.45, 2.75) is 26.8 Å². The van der Waals surface area contributed by atoms with E-state index in [0.29, 0.717) is 5.13 Å². The average Bonchev–Trinajstić information content (AvgIpc) is 3.43. The Balaban J connectivity index is 1.52. The third-order valence-corrected chi connectivity index (χ3v) is 5.15. The Morgan fingerprint density at radius 1 is 1.16 bits per heavy atom.